The van der Waals surface area contributed by atoms with Crippen LogP contribution in [0.5, 0.6) is 0 Å². The van der Waals surface area contributed by atoms with Crippen LogP contribution < -0.4 is 10.6 Å². The summed E-state index contributed by atoms with van der Waals surface area (Å²) in [6, 6.07) is 13.6. The number of amides is 2. The summed E-state index contributed by atoms with van der Waals surface area (Å²) >= 11 is 0. The van der Waals surface area contributed by atoms with Gasteiger partial charge in [0, 0.05) is 6.54 Å². The van der Waals surface area contributed by atoms with Crippen LogP contribution in [0.3, 0.4) is 0 Å². The summed E-state index contributed by atoms with van der Waals surface area (Å²) in [5.74, 6) is -1.66. The molecule has 0 unspecified atom stereocenters. The predicted octanol–water partition coefficient (Wildman–Crippen LogP) is 0.716. The summed E-state index contributed by atoms with van der Waals surface area (Å²) in [5, 5.41) is 15.6. The maximum Gasteiger partial charge on any atom is 0.329 e. The van der Waals surface area contributed by atoms with Crippen LogP contribution in [0.2, 0.25) is 0 Å². The van der Waals surface area contributed by atoms with Gasteiger partial charge in [0.1, 0.15) is 6.61 Å². The highest BCUT2D eigenvalue weighted by Crippen LogP contribution is 2.18. The van der Waals surface area contributed by atoms with Crippen LogP contribution in [0, 0.1) is 0 Å². The third kappa shape index (κ3) is 6.23. The second kappa shape index (κ2) is 9.39. The van der Waals surface area contributed by atoms with Crippen LogP contribution in [0.1, 0.15) is 5.56 Å². The average Bonchev–Trinajstić information content (AvgIpc) is 2.60. The maximum absolute atomic E-state index is 12.0. The molecule has 0 aliphatic heterocycles. The first-order valence-electron chi connectivity index (χ1n) is 7.86. The van der Waals surface area contributed by atoms with Crippen LogP contribution in [-0.2, 0) is 25.5 Å². The normalized spacial score (nSPS) is 10.4. The standard InChI is InChI=1S/C18H20N2O5/c21-16(20-11-17(22)19-8-9-25-12-18(23)24)10-14-6-3-5-13-4-1-2-7-15(13)14/h1-7H,8-12H2,(H,19,22)(H,20,21)(H,23,24). The Labute approximate surface area is 145 Å². The number of fused-ring (bicyclic) bond motifs is 1. The molecule has 3 N–H and O–H groups in total. The van der Waals surface area contributed by atoms with E-state index in [1.54, 1.807) is 0 Å². The second-order valence-electron chi connectivity index (χ2n) is 5.39. The number of nitrogens with one attached hydrogen (secondary N) is 2. The van der Waals surface area contributed by atoms with Gasteiger partial charge in [-0.2, -0.15) is 0 Å². The van der Waals surface area contributed by atoms with E-state index < -0.39 is 12.6 Å². The molecule has 2 aromatic rings. The predicted molar refractivity (Wildman–Crippen MR) is 92.1 cm³/mol. The van der Waals surface area contributed by atoms with Gasteiger partial charge in [-0.3, -0.25) is 9.59 Å². The Morgan fingerprint density at radius 1 is 0.960 bits per heavy atom. The average molecular weight is 344 g/mol. The molecule has 2 amide bonds. The smallest absolute Gasteiger partial charge is 0.329 e. The van der Waals surface area contributed by atoms with Crippen molar-refractivity contribution in [3.8, 4) is 0 Å². The van der Waals surface area contributed by atoms with Crippen LogP contribution in [-0.4, -0.2) is 49.2 Å². The summed E-state index contributed by atoms with van der Waals surface area (Å²) in [5.41, 5.74) is 0.901. The SMILES string of the molecule is O=C(O)COCCNC(=O)CNC(=O)Cc1cccc2ccccc12. The third-order valence-electron chi connectivity index (χ3n) is 3.47. The Morgan fingerprint density at radius 2 is 1.72 bits per heavy atom. The molecule has 0 saturated carbocycles. The Balaban J connectivity index is 1.73. The lowest BCUT2D eigenvalue weighted by Gasteiger charge is -2.08. The van der Waals surface area contributed by atoms with E-state index in [2.05, 4.69) is 10.6 Å². The maximum atomic E-state index is 12.0. The van der Waals surface area contributed by atoms with Crippen molar-refractivity contribution in [2.24, 2.45) is 0 Å². The van der Waals surface area contributed by atoms with Gasteiger partial charge in [0.2, 0.25) is 11.8 Å². The van der Waals surface area contributed by atoms with Crippen molar-refractivity contribution in [3.63, 3.8) is 0 Å². The van der Waals surface area contributed by atoms with Crippen molar-refractivity contribution < 1.29 is 24.2 Å². The van der Waals surface area contributed by atoms with Gasteiger partial charge >= 0.3 is 5.97 Å². The highest BCUT2D eigenvalue weighted by molar-refractivity contribution is 5.91. The van der Waals surface area contributed by atoms with E-state index in [-0.39, 0.29) is 37.9 Å². The number of carbonyl (C=O) groups is 3. The molecule has 7 nitrogen and oxygen atoms in total. The van der Waals surface area contributed by atoms with E-state index >= 15 is 0 Å². The first-order valence-corrected chi connectivity index (χ1v) is 7.86. The fraction of sp³-hybridized carbons (Fsp3) is 0.278. The fourth-order valence-corrected chi connectivity index (χ4v) is 2.35. The zero-order valence-electron chi connectivity index (χ0n) is 13.7. The molecule has 0 aliphatic carbocycles. The lowest BCUT2D eigenvalue weighted by molar-refractivity contribution is -0.142. The summed E-state index contributed by atoms with van der Waals surface area (Å²) in [7, 11) is 0. The minimum atomic E-state index is -1.06. The molecule has 0 atom stereocenters. The molecule has 25 heavy (non-hydrogen) atoms. The topological polar surface area (TPSA) is 105 Å². The summed E-state index contributed by atoms with van der Waals surface area (Å²) in [4.78, 5) is 33.9. The molecule has 7 heteroatoms. The number of carboxylic acids is 1. The number of carboxylic acid groups (broad SMARTS) is 1. The van der Waals surface area contributed by atoms with E-state index in [0.717, 1.165) is 16.3 Å². The van der Waals surface area contributed by atoms with Gasteiger partial charge < -0.3 is 20.5 Å². The second-order valence-corrected chi connectivity index (χ2v) is 5.39. The van der Waals surface area contributed by atoms with Crippen LogP contribution >= 0.6 is 0 Å². The van der Waals surface area contributed by atoms with Gasteiger partial charge in [0.05, 0.1) is 19.6 Å². The molecule has 0 aromatic heterocycles. The number of aliphatic carboxylic acids is 1. The van der Waals surface area contributed by atoms with E-state index in [1.807, 2.05) is 42.5 Å². The molecule has 0 heterocycles. The van der Waals surface area contributed by atoms with Crippen molar-refractivity contribution in [1.29, 1.82) is 0 Å². The zero-order chi connectivity index (χ0) is 18.1. The van der Waals surface area contributed by atoms with Gasteiger partial charge in [0.15, 0.2) is 0 Å². The van der Waals surface area contributed by atoms with Gasteiger partial charge in [-0.25, -0.2) is 4.79 Å². The minimum absolute atomic E-state index is 0.0992. The lowest BCUT2D eigenvalue weighted by Crippen LogP contribution is -2.38. The Kier molecular flexibility index (Phi) is 6.91. The monoisotopic (exact) mass is 344 g/mol. The number of benzene rings is 2. The van der Waals surface area contributed by atoms with E-state index in [9.17, 15) is 14.4 Å². The van der Waals surface area contributed by atoms with E-state index in [4.69, 9.17) is 9.84 Å². The van der Waals surface area contributed by atoms with Crippen LogP contribution in [0.25, 0.3) is 10.8 Å². The molecular formula is C18H20N2O5. The van der Waals surface area contributed by atoms with Crippen LogP contribution in [0.4, 0.5) is 0 Å². The highest BCUT2D eigenvalue weighted by atomic mass is 16.5. The number of hydrogen-bond donors (Lipinski definition) is 3. The van der Waals surface area contributed by atoms with Gasteiger partial charge in [-0.05, 0) is 16.3 Å². The van der Waals surface area contributed by atoms with Crippen molar-refractivity contribution in [3.05, 3.63) is 48.0 Å². The molecule has 132 valence electrons. The van der Waals surface area contributed by atoms with Gasteiger partial charge in [-0.1, -0.05) is 42.5 Å². The summed E-state index contributed by atoms with van der Waals surface area (Å²) in [6.07, 6.45) is 0.191. The van der Waals surface area contributed by atoms with Gasteiger partial charge in [0.25, 0.3) is 0 Å². The van der Waals surface area contributed by atoms with E-state index in [1.165, 1.54) is 0 Å². The third-order valence-corrected chi connectivity index (χ3v) is 3.47. The van der Waals surface area contributed by atoms with Crippen molar-refractivity contribution in [1.82, 2.24) is 10.6 Å². The Morgan fingerprint density at radius 3 is 2.52 bits per heavy atom. The fourth-order valence-electron chi connectivity index (χ4n) is 2.35. The Hall–Kier alpha value is -2.93. The number of ether oxygens (including phenoxy) is 1. The number of carbonyl (C=O) groups excluding carboxylic acids is 2. The molecule has 0 saturated heterocycles. The van der Waals surface area contributed by atoms with Crippen molar-refractivity contribution >= 4 is 28.6 Å². The lowest BCUT2D eigenvalue weighted by atomic mass is 10.0. The van der Waals surface area contributed by atoms with E-state index in [0.29, 0.717) is 0 Å². The first kappa shape index (κ1) is 18.4. The molecule has 2 rings (SSSR count). The molecular weight excluding hydrogens is 324 g/mol. The molecule has 0 radical (unpaired) electrons. The zero-order valence-corrected chi connectivity index (χ0v) is 13.7. The number of rotatable bonds is 9. The minimum Gasteiger partial charge on any atom is -0.480 e. The molecule has 2 aromatic carbocycles. The first-order chi connectivity index (χ1) is 12.1. The van der Waals surface area contributed by atoms with Crippen LogP contribution in [0.15, 0.2) is 42.5 Å². The molecule has 0 aliphatic rings. The van der Waals surface area contributed by atoms with Crippen molar-refractivity contribution in [2.75, 3.05) is 26.3 Å². The van der Waals surface area contributed by atoms with Crippen molar-refractivity contribution in [2.45, 2.75) is 6.42 Å². The van der Waals surface area contributed by atoms with Gasteiger partial charge in [-0.15, -0.1) is 0 Å². The quantitative estimate of drug-likeness (QED) is 0.581. The summed E-state index contributed by atoms with van der Waals surface area (Å²) in [6.45, 7) is -0.256. The summed E-state index contributed by atoms with van der Waals surface area (Å²) < 4.78 is 4.79. The molecule has 0 spiro atoms. The number of hydrogen-bond acceptors (Lipinski definition) is 4. The molecule has 0 fully saturated rings. The largest absolute Gasteiger partial charge is 0.480 e. The Bertz CT molecular complexity index is 755. The highest BCUT2D eigenvalue weighted by Gasteiger charge is 2.08. The molecule has 0 bridgehead atoms.